The highest BCUT2D eigenvalue weighted by atomic mass is 32.2. The second-order valence-corrected chi connectivity index (χ2v) is 7.76. The fourth-order valence-corrected chi connectivity index (χ4v) is 3.37. The van der Waals surface area contributed by atoms with Gasteiger partial charge in [-0.05, 0) is 43.7 Å². The van der Waals surface area contributed by atoms with E-state index in [1.54, 1.807) is 62.4 Å². The first kappa shape index (κ1) is 20.4. The third-order valence-electron chi connectivity index (χ3n) is 3.83. The summed E-state index contributed by atoms with van der Waals surface area (Å²) in [5.74, 6) is -0.999. The normalized spacial score (nSPS) is 10.9. The molecule has 0 aromatic heterocycles. The van der Waals surface area contributed by atoms with E-state index in [1.807, 2.05) is 0 Å². The molecule has 0 saturated carbocycles. The molecule has 144 valence electrons. The van der Waals surface area contributed by atoms with Crippen molar-refractivity contribution in [2.75, 3.05) is 29.0 Å². The van der Waals surface area contributed by atoms with Gasteiger partial charge < -0.3 is 10.1 Å². The van der Waals surface area contributed by atoms with Crippen molar-refractivity contribution in [3.63, 3.8) is 0 Å². The van der Waals surface area contributed by atoms with Crippen LogP contribution in [-0.4, -0.2) is 39.7 Å². The molecule has 0 saturated heterocycles. The van der Waals surface area contributed by atoms with Crippen molar-refractivity contribution in [2.45, 2.75) is 13.8 Å². The highest BCUT2D eigenvalue weighted by Crippen LogP contribution is 2.21. The highest BCUT2D eigenvalue weighted by Gasteiger charge is 2.21. The van der Waals surface area contributed by atoms with E-state index in [0.29, 0.717) is 22.5 Å². The van der Waals surface area contributed by atoms with Crippen LogP contribution in [0.15, 0.2) is 48.5 Å². The van der Waals surface area contributed by atoms with Gasteiger partial charge in [0, 0.05) is 5.69 Å². The second kappa shape index (κ2) is 8.68. The maximum atomic E-state index is 12.5. The van der Waals surface area contributed by atoms with Crippen molar-refractivity contribution in [3.8, 4) is 0 Å². The molecule has 0 atom stereocenters. The van der Waals surface area contributed by atoms with Gasteiger partial charge >= 0.3 is 5.97 Å². The van der Waals surface area contributed by atoms with Crippen LogP contribution in [0.2, 0.25) is 0 Å². The van der Waals surface area contributed by atoms with Gasteiger partial charge in [0.25, 0.3) is 0 Å². The maximum Gasteiger partial charge on any atom is 0.338 e. The van der Waals surface area contributed by atoms with E-state index >= 15 is 0 Å². The van der Waals surface area contributed by atoms with Crippen LogP contribution >= 0.6 is 0 Å². The number of rotatable bonds is 7. The van der Waals surface area contributed by atoms with Crippen LogP contribution in [0.25, 0.3) is 0 Å². The van der Waals surface area contributed by atoms with Gasteiger partial charge in [-0.2, -0.15) is 0 Å². The standard InChI is InChI=1S/C19H22N2O5S/c1-4-26-19(23)16-11-8-12-17(14(16)2)20-18(22)13-21(27(3,24)25)15-9-6-5-7-10-15/h5-12H,4,13H2,1-3H3,(H,20,22). The van der Waals surface area contributed by atoms with Crippen LogP contribution in [-0.2, 0) is 19.6 Å². The molecular weight excluding hydrogens is 368 g/mol. The third-order valence-corrected chi connectivity index (χ3v) is 4.98. The molecule has 0 aliphatic carbocycles. The average molecular weight is 390 g/mol. The summed E-state index contributed by atoms with van der Waals surface area (Å²) in [6, 6.07) is 13.2. The zero-order chi connectivity index (χ0) is 20.0. The molecule has 7 nitrogen and oxygen atoms in total. The van der Waals surface area contributed by atoms with Crippen LogP contribution < -0.4 is 9.62 Å². The van der Waals surface area contributed by atoms with E-state index in [-0.39, 0.29) is 13.2 Å². The summed E-state index contributed by atoms with van der Waals surface area (Å²) in [4.78, 5) is 24.4. The Morgan fingerprint density at radius 3 is 2.33 bits per heavy atom. The average Bonchev–Trinajstić information content (AvgIpc) is 2.61. The minimum Gasteiger partial charge on any atom is -0.462 e. The number of hydrogen-bond donors (Lipinski definition) is 1. The third kappa shape index (κ3) is 5.30. The van der Waals surface area contributed by atoms with Crippen molar-refractivity contribution in [1.82, 2.24) is 0 Å². The first-order chi connectivity index (χ1) is 12.7. The SMILES string of the molecule is CCOC(=O)c1cccc(NC(=O)CN(c2ccccc2)S(C)(=O)=O)c1C. The van der Waals surface area contributed by atoms with Gasteiger partial charge in [0.1, 0.15) is 6.54 Å². The Bertz CT molecular complexity index is 926. The van der Waals surface area contributed by atoms with Gasteiger partial charge in [0.15, 0.2) is 0 Å². The Kier molecular flexibility index (Phi) is 6.57. The Morgan fingerprint density at radius 2 is 1.74 bits per heavy atom. The highest BCUT2D eigenvalue weighted by molar-refractivity contribution is 7.92. The van der Waals surface area contributed by atoms with E-state index < -0.39 is 21.9 Å². The molecule has 2 rings (SSSR count). The van der Waals surface area contributed by atoms with Gasteiger partial charge in [0.2, 0.25) is 15.9 Å². The van der Waals surface area contributed by atoms with Crippen molar-refractivity contribution in [2.24, 2.45) is 0 Å². The molecule has 0 aliphatic heterocycles. The maximum absolute atomic E-state index is 12.5. The topological polar surface area (TPSA) is 92.8 Å². The molecule has 0 fully saturated rings. The molecular formula is C19H22N2O5S. The lowest BCUT2D eigenvalue weighted by Crippen LogP contribution is -2.37. The van der Waals surface area contributed by atoms with Crippen LogP contribution in [0.4, 0.5) is 11.4 Å². The van der Waals surface area contributed by atoms with Gasteiger partial charge in [-0.25, -0.2) is 13.2 Å². The molecule has 0 bridgehead atoms. The molecule has 8 heteroatoms. The minimum absolute atomic E-state index is 0.245. The predicted octanol–water partition coefficient (Wildman–Crippen LogP) is 2.58. The van der Waals surface area contributed by atoms with E-state index in [1.165, 1.54) is 0 Å². The van der Waals surface area contributed by atoms with Gasteiger partial charge in [0.05, 0.1) is 24.1 Å². The number of para-hydroxylation sites is 1. The zero-order valence-corrected chi connectivity index (χ0v) is 16.2. The number of benzene rings is 2. The molecule has 0 spiro atoms. The van der Waals surface area contributed by atoms with Crippen LogP contribution in [0.3, 0.4) is 0 Å². The second-order valence-electron chi connectivity index (χ2n) is 5.85. The lowest BCUT2D eigenvalue weighted by molar-refractivity contribution is -0.114. The van der Waals surface area contributed by atoms with Crippen molar-refractivity contribution >= 4 is 33.3 Å². The van der Waals surface area contributed by atoms with Crippen molar-refractivity contribution in [3.05, 3.63) is 59.7 Å². The number of carbonyl (C=O) groups is 2. The quantitative estimate of drug-likeness (QED) is 0.734. The smallest absolute Gasteiger partial charge is 0.338 e. The van der Waals surface area contributed by atoms with Crippen LogP contribution in [0.1, 0.15) is 22.8 Å². The van der Waals surface area contributed by atoms with Crippen LogP contribution in [0, 0.1) is 6.92 Å². The first-order valence-corrected chi connectivity index (χ1v) is 10.2. The zero-order valence-electron chi connectivity index (χ0n) is 15.4. The molecule has 0 radical (unpaired) electrons. The molecule has 2 aromatic rings. The number of anilines is 2. The number of esters is 1. The molecule has 0 aliphatic rings. The Morgan fingerprint density at radius 1 is 1.07 bits per heavy atom. The number of sulfonamides is 1. The summed E-state index contributed by atoms with van der Waals surface area (Å²) in [6.45, 7) is 3.26. The molecule has 1 amide bonds. The largest absolute Gasteiger partial charge is 0.462 e. The summed E-state index contributed by atoms with van der Waals surface area (Å²) < 4.78 is 30.2. The van der Waals surface area contributed by atoms with E-state index in [2.05, 4.69) is 5.32 Å². The molecule has 0 heterocycles. The fourth-order valence-electron chi connectivity index (χ4n) is 2.52. The number of carbonyl (C=O) groups excluding carboxylic acids is 2. The minimum atomic E-state index is -3.65. The number of nitrogens with one attached hydrogen (secondary N) is 1. The van der Waals surface area contributed by atoms with Crippen molar-refractivity contribution < 1.29 is 22.7 Å². The van der Waals surface area contributed by atoms with Crippen molar-refractivity contribution in [1.29, 1.82) is 0 Å². The monoisotopic (exact) mass is 390 g/mol. The summed E-state index contributed by atoms with van der Waals surface area (Å²) >= 11 is 0. The predicted molar refractivity (Wildman–Crippen MR) is 104 cm³/mol. The van der Waals surface area contributed by atoms with Gasteiger partial charge in [-0.15, -0.1) is 0 Å². The fraction of sp³-hybridized carbons (Fsp3) is 0.263. The Balaban J connectivity index is 2.22. The van der Waals surface area contributed by atoms with Crippen LogP contribution in [0.5, 0.6) is 0 Å². The number of amides is 1. The van der Waals surface area contributed by atoms with Gasteiger partial charge in [-0.3, -0.25) is 9.10 Å². The summed E-state index contributed by atoms with van der Waals surface area (Å²) in [5.41, 5.74) is 1.71. The van der Waals surface area contributed by atoms with E-state index in [9.17, 15) is 18.0 Å². The molecule has 2 aromatic carbocycles. The lowest BCUT2D eigenvalue weighted by atomic mass is 10.1. The molecule has 1 N–H and O–H groups in total. The Labute approximate surface area is 159 Å². The Hall–Kier alpha value is -2.87. The number of hydrogen-bond acceptors (Lipinski definition) is 5. The number of ether oxygens (including phenoxy) is 1. The first-order valence-electron chi connectivity index (χ1n) is 8.33. The summed E-state index contributed by atoms with van der Waals surface area (Å²) in [7, 11) is -3.65. The van der Waals surface area contributed by atoms with E-state index in [4.69, 9.17) is 4.74 Å². The van der Waals surface area contributed by atoms with E-state index in [0.717, 1.165) is 10.6 Å². The lowest BCUT2D eigenvalue weighted by Gasteiger charge is -2.22. The number of nitrogens with zero attached hydrogens (tertiary/aromatic N) is 1. The van der Waals surface area contributed by atoms with Gasteiger partial charge in [-0.1, -0.05) is 24.3 Å². The summed E-state index contributed by atoms with van der Waals surface area (Å²) in [5, 5.41) is 2.67. The molecule has 27 heavy (non-hydrogen) atoms. The molecule has 0 unspecified atom stereocenters. The summed E-state index contributed by atoms with van der Waals surface area (Å²) in [6.07, 6.45) is 1.04.